The number of para-hydroxylation sites is 1. The summed E-state index contributed by atoms with van der Waals surface area (Å²) in [6, 6.07) is 14.2. The van der Waals surface area contributed by atoms with Gasteiger partial charge in [0.15, 0.2) is 5.17 Å². The molecule has 0 bridgehead atoms. The molecule has 2 N–H and O–H groups in total. The van der Waals surface area contributed by atoms with Crippen molar-refractivity contribution in [1.29, 1.82) is 0 Å². The van der Waals surface area contributed by atoms with Gasteiger partial charge in [-0.05, 0) is 48.0 Å². The summed E-state index contributed by atoms with van der Waals surface area (Å²) < 4.78 is 0. The summed E-state index contributed by atoms with van der Waals surface area (Å²) in [5.41, 5.74) is 2.43. The Balaban J connectivity index is 1.91. The monoisotopic (exact) mass is 338 g/mol. The Bertz CT molecular complexity index is 887. The van der Waals surface area contributed by atoms with E-state index in [2.05, 4.69) is 10.3 Å². The molecule has 0 aromatic heterocycles. The minimum Gasteiger partial charge on any atom is -0.478 e. The summed E-state index contributed by atoms with van der Waals surface area (Å²) in [4.78, 5) is 28.2. The molecule has 0 unspecified atom stereocenters. The van der Waals surface area contributed by atoms with E-state index >= 15 is 0 Å². The van der Waals surface area contributed by atoms with Gasteiger partial charge in [-0.2, -0.15) is 0 Å². The highest BCUT2D eigenvalue weighted by molar-refractivity contribution is 8.18. The molecule has 3 rings (SSSR count). The van der Waals surface area contributed by atoms with Crippen molar-refractivity contribution in [3.05, 3.63) is 70.1 Å². The number of aryl methyl sites for hydroxylation is 1. The van der Waals surface area contributed by atoms with Crippen LogP contribution >= 0.6 is 11.8 Å². The smallest absolute Gasteiger partial charge is 0.336 e. The normalized spacial score (nSPS) is 17.3. The van der Waals surface area contributed by atoms with Crippen LogP contribution in [-0.2, 0) is 4.79 Å². The maximum atomic E-state index is 12.1. The molecule has 6 heteroatoms. The number of aromatic carboxylic acids is 1. The topological polar surface area (TPSA) is 78.8 Å². The highest BCUT2D eigenvalue weighted by atomic mass is 32.2. The van der Waals surface area contributed by atoms with Gasteiger partial charge < -0.3 is 10.4 Å². The largest absolute Gasteiger partial charge is 0.478 e. The molecule has 120 valence electrons. The summed E-state index contributed by atoms with van der Waals surface area (Å²) in [6.45, 7) is 1.95. The standard InChI is InChI=1S/C18H14N2O3S/c1-11-6-2-5-9-14(11)19-18-20-16(21)15(24-18)10-12-7-3-4-8-13(12)17(22)23/h2-10H,1H3,(H,22,23)(H,19,20,21)/b15-10+. The zero-order valence-corrected chi connectivity index (χ0v) is 13.6. The van der Waals surface area contributed by atoms with E-state index < -0.39 is 5.97 Å². The predicted molar refractivity (Wildman–Crippen MR) is 95.4 cm³/mol. The lowest BCUT2D eigenvalue weighted by Crippen LogP contribution is -2.19. The zero-order valence-electron chi connectivity index (χ0n) is 12.8. The van der Waals surface area contributed by atoms with Crippen molar-refractivity contribution in [3.8, 4) is 0 Å². The van der Waals surface area contributed by atoms with Crippen LogP contribution in [0.5, 0.6) is 0 Å². The van der Waals surface area contributed by atoms with Gasteiger partial charge in [-0.25, -0.2) is 9.79 Å². The van der Waals surface area contributed by atoms with Crippen molar-refractivity contribution in [2.75, 3.05) is 0 Å². The van der Waals surface area contributed by atoms with Gasteiger partial charge in [0.05, 0.1) is 16.2 Å². The van der Waals surface area contributed by atoms with Crippen molar-refractivity contribution in [1.82, 2.24) is 5.32 Å². The molecule has 1 aliphatic heterocycles. The molecule has 5 nitrogen and oxygen atoms in total. The first kappa shape index (κ1) is 16.0. The Hall–Kier alpha value is -2.86. The third-order valence-corrected chi connectivity index (χ3v) is 4.38. The molecular formula is C18H14N2O3S. The van der Waals surface area contributed by atoms with E-state index in [1.807, 2.05) is 31.2 Å². The van der Waals surface area contributed by atoms with Gasteiger partial charge in [0, 0.05) is 0 Å². The highest BCUT2D eigenvalue weighted by Gasteiger charge is 2.24. The average molecular weight is 338 g/mol. The fraction of sp³-hybridized carbons (Fsp3) is 0.0556. The van der Waals surface area contributed by atoms with E-state index in [1.165, 1.54) is 17.8 Å². The van der Waals surface area contributed by atoms with Crippen LogP contribution in [-0.4, -0.2) is 22.2 Å². The van der Waals surface area contributed by atoms with Gasteiger partial charge in [-0.15, -0.1) is 0 Å². The maximum Gasteiger partial charge on any atom is 0.336 e. The first-order valence-corrected chi connectivity index (χ1v) is 8.04. The number of amidine groups is 1. The van der Waals surface area contributed by atoms with Crippen LogP contribution in [0.15, 0.2) is 58.4 Å². The van der Waals surface area contributed by atoms with Crippen LogP contribution < -0.4 is 5.32 Å². The Morgan fingerprint density at radius 1 is 1.17 bits per heavy atom. The lowest BCUT2D eigenvalue weighted by atomic mass is 10.1. The van der Waals surface area contributed by atoms with E-state index in [0.29, 0.717) is 15.6 Å². The molecule has 0 radical (unpaired) electrons. The predicted octanol–water partition coefficient (Wildman–Crippen LogP) is 3.58. The molecule has 0 atom stereocenters. The van der Waals surface area contributed by atoms with Gasteiger partial charge in [0.2, 0.25) is 0 Å². The first-order valence-electron chi connectivity index (χ1n) is 7.22. The van der Waals surface area contributed by atoms with E-state index in [4.69, 9.17) is 0 Å². The van der Waals surface area contributed by atoms with E-state index in [9.17, 15) is 14.7 Å². The number of carbonyl (C=O) groups excluding carboxylic acids is 1. The maximum absolute atomic E-state index is 12.1. The highest BCUT2D eigenvalue weighted by Crippen LogP contribution is 2.29. The van der Waals surface area contributed by atoms with Crippen molar-refractivity contribution in [3.63, 3.8) is 0 Å². The minimum atomic E-state index is -1.03. The number of carboxylic acid groups (broad SMARTS) is 1. The molecule has 1 aliphatic rings. The number of carboxylic acids is 1. The van der Waals surface area contributed by atoms with E-state index in [-0.39, 0.29) is 11.5 Å². The molecule has 0 aliphatic carbocycles. The summed E-state index contributed by atoms with van der Waals surface area (Å²) >= 11 is 1.20. The Labute approximate surface area is 143 Å². The van der Waals surface area contributed by atoms with Crippen LogP contribution in [0.3, 0.4) is 0 Å². The number of nitrogens with one attached hydrogen (secondary N) is 1. The number of rotatable bonds is 3. The van der Waals surface area contributed by atoms with Gasteiger partial charge in [-0.1, -0.05) is 36.4 Å². The number of hydrogen-bond acceptors (Lipinski definition) is 4. The summed E-state index contributed by atoms with van der Waals surface area (Å²) in [6.07, 6.45) is 1.57. The second-order valence-electron chi connectivity index (χ2n) is 5.16. The molecular weight excluding hydrogens is 324 g/mol. The van der Waals surface area contributed by atoms with Crippen molar-refractivity contribution >= 4 is 40.6 Å². The molecule has 0 spiro atoms. The van der Waals surface area contributed by atoms with Crippen LogP contribution in [0.4, 0.5) is 5.69 Å². The number of amides is 1. The number of aliphatic imine (C=N–C) groups is 1. The van der Waals surface area contributed by atoms with Crippen molar-refractivity contribution < 1.29 is 14.7 Å². The zero-order chi connectivity index (χ0) is 17.1. The van der Waals surface area contributed by atoms with Crippen LogP contribution in [0.2, 0.25) is 0 Å². The minimum absolute atomic E-state index is 0.155. The third kappa shape index (κ3) is 3.38. The third-order valence-electron chi connectivity index (χ3n) is 3.47. The Morgan fingerprint density at radius 3 is 2.62 bits per heavy atom. The second-order valence-corrected chi connectivity index (χ2v) is 6.19. The Morgan fingerprint density at radius 2 is 1.88 bits per heavy atom. The number of thioether (sulfide) groups is 1. The quantitative estimate of drug-likeness (QED) is 0.838. The molecule has 1 saturated heterocycles. The SMILES string of the molecule is Cc1ccccc1N=C1NC(=O)/C(=C\c2ccccc2C(=O)O)S1. The first-order chi connectivity index (χ1) is 11.5. The van der Waals surface area contributed by atoms with Gasteiger partial charge >= 0.3 is 5.97 Å². The summed E-state index contributed by atoms with van der Waals surface area (Å²) in [7, 11) is 0. The molecule has 1 amide bonds. The Kier molecular flexibility index (Phi) is 4.48. The number of benzene rings is 2. The fourth-order valence-electron chi connectivity index (χ4n) is 2.24. The van der Waals surface area contributed by atoms with E-state index in [0.717, 1.165) is 11.3 Å². The van der Waals surface area contributed by atoms with Gasteiger partial charge in [0.1, 0.15) is 0 Å². The van der Waals surface area contributed by atoms with Crippen LogP contribution in [0.25, 0.3) is 6.08 Å². The summed E-state index contributed by atoms with van der Waals surface area (Å²) in [5, 5.41) is 12.4. The molecule has 2 aromatic rings. The molecule has 2 aromatic carbocycles. The van der Waals surface area contributed by atoms with Gasteiger partial charge in [0.25, 0.3) is 5.91 Å². The van der Waals surface area contributed by atoms with Crippen molar-refractivity contribution in [2.24, 2.45) is 4.99 Å². The molecule has 1 heterocycles. The fourth-order valence-corrected chi connectivity index (χ4v) is 3.06. The average Bonchev–Trinajstić information content (AvgIpc) is 2.89. The lowest BCUT2D eigenvalue weighted by Gasteiger charge is -2.01. The molecule has 24 heavy (non-hydrogen) atoms. The number of hydrogen-bond donors (Lipinski definition) is 2. The number of nitrogens with zero attached hydrogens (tertiary/aromatic N) is 1. The van der Waals surface area contributed by atoms with Crippen LogP contribution in [0.1, 0.15) is 21.5 Å². The second kappa shape index (κ2) is 6.72. The summed E-state index contributed by atoms with van der Waals surface area (Å²) in [5.74, 6) is -1.31. The van der Waals surface area contributed by atoms with E-state index in [1.54, 1.807) is 24.3 Å². The molecule has 1 fully saturated rings. The molecule has 0 saturated carbocycles. The van der Waals surface area contributed by atoms with Crippen molar-refractivity contribution in [2.45, 2.75) is 6.92 Å². The number of carbonyl (C=O) groups is 2. The van der Waals surface area contributed by atoms with Gasteiger partial charge in [-0.3, -0.25) is 4.79 Å². The lowest BCUT2D eigenvalue weighted by molar-refractivity contribution is -0.115. The van der Waals surface area contributed by atoms with Crippen LogP contribution in [0, 0.1) is 6.92 Å².